The van der Waals surface area contributed by atoms with Crippen LogP contribution < -0.4 is 10.2 Å². The normalized spacial score (nSPS) is 15.0. The second-order valence-electron chi connectivity index (χ2n) is 8.71. The van der Waals surface area contributed by atoms with Crippen LogP contribution in [0.2, 0.25) is 0 Å². The molecule has 3 aromatic carbocycles. The molecule has 0 saturated heterocycles. The fraction of sp³-hybridized carbons (Fsp3) is 0.241. The maximum absolute atomic E-state index is 13.8. The van der Waals surface area contributed by atoms with Crippen LogP contribution in [-0.2, 0) is 9.59 Å². The highest BCUT2D eigenvalue weighted by molar-refractivity contribution is 9.10. The van der Waals surface area contributed by atoms with E-state index in [1.807, 2.05) is 54.6 Å². The molecule has 0 bridgehead atoms. The Kier molecular flexibility index (Phi) is 8.37. The van der Waals surface area contributed by atoms with Crippen molar-refractivity contribution < 1.29 is 14.7 Å². The topological polar surface area (TPSA) is 69.6 Å². The lowest BCUT2D eigenvalue weighted by Gasteiger charge is -2.33. The van der Waals surface area contributed by atoms with Crippen molar-refractivity contribution in [1.82, 2.24) is 5.32 Å². The van der Waals surface area contributed by atoms with Gasteiger partial charge in [-0.1, -0.05) is 95.9 Å². The lowest BCUT2D eigenvalue weighted by atomic mass is 9.94. The van der Waals surface area contributed by atoms with Crippen LogP contribution in [0.3, 0.4) is 0 Å². The minimum atomic E-state index is -0.978. The van der Waals surface area contributed by atoms with Gasteiger partial charge in [0.1, 0.15) is 11.8 Å². The number of para-hydroxylation sites is 2. The molecule has 180 valence electrons. The van der Waals surface area contributed by atoms with Crippen molar-refractivity contribution >= 4 is 39.5 Å². The molecule has 6 heteroatoms. The number of phenolic OH excluding ortho intramolecular Hbond substituents is 1. The number of hydrogen-bond acceptors (Lipinski definition) is 3. The summed E-state index contributed by atoms with van der Waals surface area (Å²) in [5, 5.41) is 13.9. The van der Waals surface area contributed by atoms with Crippen molar-refractivity contribution in [2.75, 3.05) is 4.90 Å². The predicted molar refractivity (Wildman–Crippen MR) is 143 cm³/mol. The molecule has 1 fully saturated rings. The van der Waals surface area contributed by atoms with Gasteiger partial charge in [0.05, 0.1) is 5.69 Å². The lowest BCUT2D eigenvalue weighted by Crippen LogP contribution is -2.47. The summed E-state index contributed by atoms with van der Waals surface area (Å²) < 4.78 is 0.712. The standard InChI is InChI=1S/C29H29BrN2O3/c30-24-16-8-7-15-23(24)28(29(35)31-22-13-5-2-6-14-22)32(25-17-9-10-18-26(25)33)27(34)20-19-21-11-3-1-4-12-21/h1,3-4,7-12,15-20,22,28,33H,2,5-6,13-14H2,(H,31,35)/b20-19+. The Morgan fingerprint density at radius 2 is 1.57 bits per heavy atom. The molecule has 1 atom stereocenters. The predicted octanol–water partition coefficient (Wildman–Crippen LogP) is 6.39. The van der Waals surface area contributed by atoms with Gasteiger partial charge in [0.2, 0.25) is 5.91 Å². The summed E-state index contributed by atoms with van der Waals surface area (Å²) in [5.74, 6) is -0.750. The van der Waals surface area contributed by atoms with Crippen molar-refractivity contribution in [3.63, 3.8) is 0 Å². The molecule has 0 heterocycles. The number of carbonyl (C=O) groups excluding carboxylic acids is 2. The molecule has 0 aromatic heterocycles. The van der Waals surface area contributed by atoms with E-state index in [2.05, 4.69) is 21.2 Å². The molecule has 1 saturated carbocycles. The van der Waals surface area contributed by atoms with E-state index in [4.69, 9.17) is 0 Å². The van der Waals surface area contributed by atoms with E-state index in [-0.39, 0.29) is 23.4 Å². The highest BCUT2D eigenvalue weighted by Gasteiger charge is 2.35. The number of anilines is 1. The average Bonchev–Trinajstić information content (AvgIpc) is 2.88. The maximum atomic E-state index is 13.8. The van der Waals surface area contributed by atoms with Crippen LogP contribution in [0, 0.1) is 0 Å². The number of aromatic hydroxyl groups is 1. The number of benzene rings is 3. The molecule has 35 heavy (non-hydrogen) atoms. The summed E-state index contributed by atoms with van der Waals surface area (Å²) >= 11 is 3.58. The molecule has 0 radical (unpaired) electrons. The van der Waals surface area contributed by atoms with Gasteiger partial charge in [0.25, 0.3) is 5.91 Å². The third kappa shape index (κ3) is 6.20. The van der Waals surface area contributed by atoms with Crippen molar-refractivity contribution in [2.45, 2.75) is 44.2 Å². The third-order valence-corrected chi connectivity index (χ3v) is 6.98. The van der Waals surface area contributed by atoms with Crippen LogP contribution in [0.5, 0.6) is 5.75 Å². The van der Waals surface area contributed by atoms with Crippen molar-refractivity contribution in [1.29, 1.82) is 0 Å². The monoisotopic (exact) mass is 532 g/mol. The zero-order valence-electron chi connectivity index (χ0n) is 19.4. The second-order valence-corrected chi connectivity index (χ2v) is 9.56. The third-order valence-electron chi connectivity index (χ3n) is 6.25. The zero-order valence-corrected chi connectivity index (χ0v) is 21.0. The van der Waals surface area contributed by atoms with E-state index in [1.165, 1.54) is 23.5 Å². The Bertz CT molecular complexity index is 1190. The van der Waals surface area contributed by atoms with Gasteiger partial charge in [0.15, 0.2) is 0 Å². The molecule has 0 spiro atoms. The minimum Gasteiger partial charge on any atom is -0.506 e. The van der Waals surface area contributed by atoms with Crippen LogP contribution in [0.25, 0.3) is 6.08 Å². The summed E-state index contributed by atoms with van der Waals surface area (Å²) in [7, 11) is 0. The van der Waals surface area contributed by atoms with Gasteiger partial charge < -0.3 is 10.4 Å². The molecule has 0 aliphatic heterocycles. The molecule has 5 nitrogen and oxygen atoms in total. The molecular formula is C29H29BrN2O3. The van der Waals surface area contributed by atoms with E-state index < -0.39 is 11.9 Å². The van der Waals surface area contributed by atoms with E-state index >= 15 is 0 Å². The fourth-order valence-electron chi connectivity index (χ4n) is 4.49. The largest absolute Gasteiger partial charge is 0.506 e. The summed E-state index contributed by atoms with van der Waals surface area (Å²) in [6.45, 7) is 0. The molecule has 2 amide bonds. The highest BCUT2D eigenvalue weighted by Crippen LogP contribution is 2.37. The number of phenols is 1. The highest BCUT2D eigenvalue weighted by atomic mass is 79.9. The van der Waals surface area contributed by atoms with Gasteiger partial charge in [-0.25, -0.2) is 0 Å². The molecule has 2 N–H and O–H groups in total. The minimum absolute atomic E-state index is 0.0717. The first-order chi connectivity index (χ1) is 17.0. The van der Waals surface area contributed by atoms with Gasteiger partial charge in [-0.05, 0) is 48.2 Å². The Labute approximate surface area is 214 Å². The number of carbonyl (C=O) groups is 2. The number of nitrogens with zero attached hydrogens (tertiary/aromatic N) is 1. The quantitative estimate of drug-likeness (QED) is 0.346. The van der Waals surface area contributed by atoms with Crippen LogP contribution in [0.4, 0.5) is 5.69 Å². The SMILES string of the molecule is O=C(NC1CCCCC1)C(c1ccccc1Br)N(C(=O)/C=C/c1ccccc1)c1ccccc1O. The van der Waals surface area contributed by atoms with Crippen LogP contribution >= 0.6 is 15.9 Å². The number of halogens is 1. The van der Waals surface area contributed by atoms with Gasteiger partial charge in [-0.3, -0.25) is 14.5 Å². The van der Waals surface area contributed by atoms with E-state index in [0.717, 1.165) is 31.2 Å². The smallest absolute Gasteiger partial charge is 0.252 e. The second kappa shape index (κ2) is 11.8. The number of amides is 2. The molecule has 1 unspecified atom stereocenters. The van der Waals surface area contributed by atoms with Crippen molar-refractivity contribution in [3.05, 3.63) is 101 Å². The molecule has 1 aliphatic rings. The summed E-state index contributed by atoms with van der Waals surface area (Å²) in [4.78, 5) is 28.9. The first-order valence-electron chi connectivity index (χ1n) is 11.9. The van der Waals surface area contributed by atoms with Gasteiger partial charge in [-0.15, -0.1) is 0 Å². The van der Waals surface area contributed by atoms with Gasteiger partial charge in [-0.2, -0.15) is 0 Å². The number of hydrogen-bond donors (Lipinski definition) is 2. The molecule has 1 aliphatic carbocycles. The summed E-state index contributed by atoms with van der Waals surface area (Å²) in [6, 6.07) is 22.6. The Morgan fingerprint density at radius 1 is 0.914 bits per heavy atom. The Morgan fingerprint density at radius 3 is 2.29 bits per heavy atom. The first-order valence-corrected chi connectivity index (χ1v) is 12.7. The first kappa shape index (κ1) is 24.7. The van der Waals surface area contributed by atoms with Crippen LogP contribution in [0.15, 0.2) is 89.4 Å². The maximum Gasteiger partial charge on any atom is 0.252 e. The van der Waals surface area contributed by atoms with E-state index in [0.29, 0.717) is 10.0 Å². The van der Waals surface area contributed by atoms with Crippen LogP contribution in [0.1, 0.15) is 49.3 Å². The summed E-state index contributed by atoms with van der Waals surface area (Å²) in [5.41, 5.74) is 1.78. The van der Waals surface area contributed by atoms with E-state index in [1.54, 1.807) is 24.3 Å². The Balaban J connectivity index is 1.78. The molecule has 4 rings (SSSR count). The zero-order chi connectivity index (χ0) is 24.6. The lowest BCUT2D eigenvalue weighted by molar-refractivity contribution is -0.126. The summed E-state index contributed by atoms with van der Waals surface area (Å²) in [6.07, 6.45) is 8.33. The number of rotatable bonds is 7. The average molecular weight is 533 g/mol. The van der Waals surface area contributed by atoms with Crippen molar-refractivity contribution in [3.8, 4) is 5.75 Å². The van der Waals surface area contributed by atoms with Crippen molar-refractivity contribution in [2.24, 2.45) is 0 Å². The van der Waals surface area contributed by atoms with Crippen LogP contribution in [-0.4, -0.2) is 23.0 Å². The molecule has 3 aromatic rings. The molecular weight excluding hydrogens is 504 g/mol. The number of nitrogens with one attached hydrogen (secondary N) is 1. The van der Waals surface area contributed by atoms with Gasteiger partial charge >= 0.3 is 0 Å². The van der Waals surface area contributed by atoms with E-state index in [9.17, 15) is 14.7 Å². The Hall–Kier alpha value is -3.38. The fourth-order valence-corrected chi connectivity index (χ4v) is 4.99. The van der Waals surface area contributed by atoms with Gasteiger partial charge in [0, 0.05) is 16.6 Å².